The molecule has 30 heavy (non-hydrogen) atoms. The van der Waals surface area contributed by atoms with E-state index in [1.54, 1.807) is 50.4 Å². The molecule has 1 aromatic carbocycles. The molecule has 0 aliphatic carbocycles. The van der Waals surface area contributed by atoms with Gasteiger partial charge in [-0.15, -0.1) is 0 Å². The first-order valence-electron chi connectivity index (χ1n) is 10.1. The van der Waals surface area contributed by atoms with Crippen LogP contribution in [0, 0.1) is 12.8 Å². The van der Waals surface area contributed by atoms with Crippen LogP contribution in [-0.4, -0.2) is 41.6 Å². The summed E-state index contributed by atoms with van der Waals surface area (Å²) in [5, 5.41) is 5.25. The first kappa shape index (κ1) is 21.4. The highest BCUT2D eigenvalue weighted by Gasteiger charge is 2.22. The fourth-order valence-electron chi connectivity index (χ4n) is 3.57. The maximum atomic E-state index is 12.9. The highest BCUT2D eigenvalue weighted by Crippen LogP contribution is 2.17. The number of methoxy groups -OCH3 is 1. The Morgan fingerprint density at radius 2 is 1.87 bits per heavy atom. The molecule has 2 N–H and O–H groups in total. The Bertz CT molecular complexity index is 968. The van der Waals surface area contributed by atoms with E-state index in [-0.39, 0.29) is 18.1 Å². The average molecular weight is 412 g/mol. The summed E-state index contributed by atoms with van der Waals surface area (Å²) in [7, 11) is 1.56. The van der Waals surface area contributed by atoms with E-state index in [1.165, 1.54) is 4.57 Å². The fraction of sp³-hybridized carbons (Fsp3) is 0.409. The minimum absolute atomic E-state index is 0.0347. The molecule has 0 saturated carbocycles. The lowest BCUT2D eigenvalue weighted by molar-refractivity contribution is -0.133. The van der Waals surface area contributed by atoms with Gasteiger partial charge in [0.2, 0.25) is 5.91 Å². The number of rotatable bonds is 5. The highest BCUT2D eigenvalue weighted by molar-refractivity contribution is 5.99. The molecule has 160 valence electrons. The zero-order valence-corrected chi connectivity index (χ0v) is 17.6. The number of likely N-dealkylation sites (tertiary alicyclic amines) is 1. The second-order valence-electron chi connectivity index (χ2n) is 7.67. The van der Waals surface area contributed by atoms with E-state index in [9.17, 15) is 14.4 Å². The number of pyridine rings is 1. The third-order valence-electron chi connectivity index (χ3n) is 5.29. The SMILES string of the molecule is COc1ccc(NC(=O)Nc2ccc(C)n(CC(=O)N3CCCC(C)C3)c2=O)cc1. The molecule has 0 radical (unpaired) electrons. The van der Waals surface area contributed by atoms with Crippen LogP contribution in [0.15, 0.2) is 41.2 Å². The molecule has 1 saturated heterocycles. The second kappa shape index (κ2) is 9.47. The quantitative estimate of drug-likeness (QED) is 0.789. The first-order chi connectivity index (χ1) is 14.4. The van der Waals surface area contributed by atoms with Gasteiger partial charge in [0.05, 0.1) is 7.11 Å². The molecule has 2 aromatic rings. The predicted molar refractivity (Wildman–Crippen MR) is 116 cm³/mol. The van der Waals surface area contributed by atoms with Gasteiger partial charge in [0.1, 0.15) is 18.0 Å². The zero-order valence-electron chi connectivity index (χ0n) is 17.6. The van der Waals surface area contributed by atoms with Gasteiger partial charge in [-0.2, -0.15) is 0 Å². The van der Waals surface area contributed by atoms with Crippen LogP contribution in [0.2, 0.25) is 0 Å². The van der Waals surface area contributed by atoms with E-state index in [1.807, 2.05) is 4.90 Å². The smallest absolute Gasteiger partial charge is 0.323 e. The summed E-state index contributed by atoms with van der Waals surface area (Å²) in [5.74, 6) is 1.07. The average Bonchev–Trinajstić information content (AvgIpc) is 2.73. The van der Waals surface area contributed by atoms with E-state index in [0.29, 0.717) is 23.0 Å². The number of carbonyl (C=O) groups excluding carboxylic acids is 2. The number of aromatic nitrogens is 1. The fourth-order valence-corrected chi connectivity index (χ4v) is 3.57. The number of benzene rings is 1. The standard InChI is InChI=1S/C22H28N4O4/c1-15-5-4-12-25(13-15)20(27)14-26-16(2)6-11-19(21(26)28)24-22(29)23-17-7-9-18(30-3)10-8-17/h6-11,15H,4-5,12-14H2,1-3H3,(H2,23,24,29). The largest absolute Gasteiger partial charge is 0.497 e. The minimum Gasteiger partial charge on any atom is -0.497 e. The van der Waals surface area contributed by atoms with E-state index >= 15 is 0 Å². The Morgan fingerprint density at radius 3 is 2.53 bits per heavy atom. The van der Waals surface area contributed by atoms with Gasteiger partial charge in [0.25, 0.3) is 5.56 Å². The summed E-state index contributed by atoms with van der Waals surface area (Å²) >= 11 is 0. The molecule has 8 nitrogen and oxygen atoms in total. The zero-order chi connectivity index (χ0) is 21.7. The number of hydrogen-bond donors (Lipinski definition) is 2. The van der Waals surface area contributed by atoms with Gasteiger partial charge in [-0.3, -0.25) is 9.59 Å². The lowest BCUT2D eigenvalue weighted by Gasteiger charge is -2.31. The predicted octanol–water partition coefficient (Wildman–Crippen LogP) is 3.07. The van der Waals surface area contributed by atoms with Crippen LogP contribution < -0.4 is 20.9 Å². The molecule has 1 aliphatic rings. The maximum Gasteiger partial charge on any atom is 0.323 e. The summed E-state index contributed by atoms with van der Waals surface area (Å²) in [6, 6.07) is 9.58. The minimum atomic E-state index is -0.538. The Balaban J connectivity index is 1.69. The van der Waals surface area contributed by atoms with E-state index in [0.717, 1.165) is 25.9 Å². The number of nitrogens with zero attached hydrogens (tertiary/aromatic N) is 2. The summed E-state index contributed by atoms with van der Waals surface area (Å²) in [4.78, 5) is 39.7. The van der Waals surface area contributed by atoms with Crippen LogP contribution in [0.1, 0.15) is 25.5 Å². The molecule has 8 heteroatoms. The molecule has 1 unspecified atom stereocenters. The first-order valence-corrected chi connectivity index (χ1v) is 10.1. The van der Waals surface area contributed by atoms with Crippen molar-refractivity contribution in [2.45, 2.75) is 33.2 Å². The van der Waals surface area contributed by atoms with Crippen molar-refractivity contribution in [2.24, 2.45) is 5.92 Å². The normalized spacial score (nSPS) is 16.1. The van der Waals surface area contributed by atoms with Gasteiger partial charge < -0.3 is 24.8 Å². The Labute approximate surface area is 175 Å². The lowest BCUT2D eigenvalue weighted by atomic mass is 10.0. The van der Waals surface area contributed by atoms with Crippen molar-refractivity contribution >= 4 is 23.3 Å². The van der Waals surface area contributed by atoms with Crippen molar-refractivity contribution in [3.63, 3.8) is 0 Å². The number of nitrogens with one attached hydrogen (secondary N) is 2. The van der Waals surface area contributed by atoms with Gasteiger partial charge in [0, 0.05) is 24.5 Å². The highest BCUT2D eigenvalue weighted by atomic mass is 16.5. The van der Waals surface area contributed by atoms with Gasteiger partial charge in [0.15, 0.2) is 0 Å². The summed E-state index contributed by atoms with van der Waals surface area (Å²) < 4.78 is 6.50. The molecule has 1 aromatic heterocycles. The molecule has 1 atom stereocenters. The van der Waals surface area contributed by atoms with Gasteiger partial charge >= 0.3 is 6.03 Å². The van der Waals surface area contributed by atoms with Gasteiger partial charge in [-0.1, -0.05) is 6.92 Å². The van der Waals surface area contributed by atoms with Crippen LogP contribution in [0.3, 0.4) is 0 Å². The van der Waals surface area contributed by atoms with E-state index < -0.39 is 11.6 Å². The molecular formula is C22H28N4O4. The van der Waals surface area contributed by atoms with Gasteiger partial charge in [-0.05, 0) is 62.1 Å². The number of aryl methyl sites for hydroxylation is 1. The summed E-state index contributed by atoms with van der Waals surface area (Å²) in [6.07, 6.45) is 2.10. The molecule has 2 heterocycles. The molecule has 0 spiro atoms. The van der Waals surface area contributed by atoms with Crippen LogP contribution in [0.5, 0.6) is 5.75 Å². The van der Waals surface area contributed by atoms with Gasteiger partial charge in [-0.25, -0.2) is 4.79 Å². The number of amides is 3. The van der Waals surface area contributed by atoms with Crippen LogP contribution in [0.25, 0.3) is 0 Å². The topological polar surface area (TPSA) is 92.7 Å². The van der Waals surface area contributed by atoms with Crippen molar-refractivity contribution in [2.75, 3.05) is 30.8 Å². The second-order valence-corrected chi connectivity index (χ2v) is 7.67. The monoisotopic (exact) mass is 412 g/mol. The number of piperidine rings is 1. The Kier molecular flexibility index (Phi) is 6.76. The molecule has 1 aliphatic heterocycles. The number of carbonyl (C=O) groups is 2. The van der Waals surface area contributed by atoms with Crippen LogP contribution in [0.4, 0.5) is 16.2 Å². The third-order valence-corrected chi connectivity index (χ3v) is 5.29. The maximum absolute atomic E-state index is 12.9. The Morgan fingerprint density at radius 1 is 1.13 bits per heavy atom. The van der Waals surface area contributed by atoms with E-state index in [2.05, 4.69) is 17.6 Å². The van der Waals surface area contributed by atoms with Crippen LogP contribution >= 0.6 is 0 Å². The number of ether oxygens (including phenoxy) is 1. The molecule has 1 fully saturated rings. The number of anilines is 2. The molecule has 3 rings (SSSR count). The van der Waals surface area contributed by atoms with E-state index in [4.69, 9.17) is 4.74 Å². The molecule has 3 amide bonds. The lowest BCUT2D eigenvalue weighted by Crippen LogP contribution is -2.42. The van der Waals surface area contributed by atoms with Crippen molar-refractivity contribution in [3.05, 3.63) is 52.4 Å². The summed E-state index contributed by atoms with van der Waals surface area (Å²) in [5.41, 5.74) is 0.944. The van der Waals surface area contributed by atoms with Crippen molar-refractivity contribution in [1.29, 1.82) is 0 Å². The van der Waals surface area contributed by atoms with Crippen molar-refractivity contribution < 1.29 is 14.3 Å². The Hall–Kier alpha value is -3.29. The number of hydrogen-bond acceptors (Lipinski definition) is 4. The molecular weight excluding hydrogens is 384 g/mol. The third kappa shape index (κ3) is 5.20. The number of urea groups is 1. The van der Waals surface area contributed by atoms with Crippen molar-refractivity contribution in [1.82, 2.24) is 9.47 Å². The van der Waals surface area contributed by atoms with Crippen molar-refractivity contribution in [3.8, 4) is 5.75 Å². The molecule has 0 bridgehead atoms. The summed E-state index contributed by atoms with van der Waals surface area (Å²) in [6.45, 7) is 5.30. The van der Waals surface area contributed by atoms with Crippen LogP contribution in [-0.2, 0) is 11.3 Å².